The van der Waals surface area contributed by atoms with Gasteiger partial charge in [-0.2, -0.15) is 0 Å². The standard InChI is InChI=1S/C15H15FN2S/c16-9-3-4-10-11(6-9)18(15(19)17-10)14-12-7-1-2-8(5-7)13(12)14/h3-4,6-8,12-14H,1-2,5H2,(H,17,19). The molecular weight excluding hydrogens is 259 g/mol. The summed E-state index contributed by atoms with van der Waals surface area (Å²) in [5.41, 5.74) is 1.91. The average Bonchev–Trinajstić information content (AvgIpc) is 2.75. The van der Waals surface area contributed by atoms with E-state index in [9.17, 15) is 4.39 Å². The lowest BCUT2D eigenvalue weighted by molar-refractivity contribution is 0.456. The fraction of sp³-hybridized carbons (Fsp3) is 0.533. The van der Waals surface area contributed by atoms with Gasteiger partial charge in [0.2, 0.25) is 0 Å². The van der Waals surface area contributed by atoms with Crippen molar-refractivity contribution in [3.63, 3.8) is 0 Å². The van der Waals surface area contributed by atoms with Gasteiger partial charge in [-0.3, -0.25) is 0 Å². The maximum absolute atomic E-state index is 13.5. The molecule has 4 atom stereocenters. The van der Waals surface area contributed by atoms with Crippen molar-refractivity contribution in [1.29, 1.82) is 0 Å². The van der Waals surface area contributed by atoms with Crippen molar-refractivity contribution in [3.05, 3.63) is 28.8 Å². The Balaban J connectivity index is 1.69. The molecule has 5 rings (SSSR count). The first-order valence-electron chi connectivity index (χ1n) is 7.14. The molecular formula is C15H15FN2S. The van der Waals surface area contributed by atoms with Crippen LogP contribution >= 0.6 is 12.2 Å². The predicted octanol–water partition coefficient (Wildman–Crippen LogP) is 4.05. The molecule has 19 heavy (non-hydrogen) atoms. The number of halogens is 1. The Labute approximate surface area is 115 Å². The molecule has 1 N–H and O–H groups in total. The van der Waals surface area contributed by atoms with E-state index in [2.05, 4.69) is 9.55 Å². The molecule has 3 fully saturated rings. The van der Waals surface area contributed by atoms with Crippen molar-refractivity contribution in [2.75, 3.05) is 0 Å². The number of rotatable bonds is 1. The lowest BCUT2D eigenvalue weighted by Crippen LogP contribution is -2.05. The minimum atomic E-state index is -0.177. The van der Waals surface area contributed by atoms with Gasteiger partial charge in [-0.05, 0) is 73.4 Å². The third-order valence-corrected chi connectivity index (χ3v) is 5.97. The number of aromatic amines is 1. The topological polar surface area (TPSA) is 20.7 Å². The normalized spacial score (nSPS) is 38.9. The van der Waals surface area contributed by atoms with Crippen molar-refractivity contribution < 1.29 is 4.39 Å². The largest absolute Gasteiger partial charge is 0.331 e. The second-order valence-corrected chi connectivity index (χ2v) is 6.83. The number of hydrogen-bond donors (Lipinski definition) is 1. The Morgan fingerprint density at radius 1 is 1.21 bits per heavy atom. The highest BCUT2D eigenvalue weighted by atomic mass is 32.1. The summed E-state index contributed by atoms with van der Waals surface area (Å²) in [6.07, 6.45) is 4.22. The van der Waals surface area contributed by atoms with Crippen LogP contribution in [0.15, 0.2) is 18.2 Å². The zero-order chi connectivity index (χ0) is 12.7. The van der Waals surface area contributed by atoms with Crippen LogP contribution < -0.4 is 0 Å². The Morgan fingerprint density at radius 2 is 1.95 bits per heavy atom. The Bertz CT molecular complexity index is 730. The summed E-state index contributed by atoms with van der Waals surface area (Å²) in [6, 6.07) is 5.45. The van der Waals surface area contributed by atoms with E-state index in [1.165, 1.54) is 25.3 Å². The van der Waals surface area contributed by atoms with Crippen LogP contribution in [0.1, 0.15) is 25.3 Å². The average molecular weight is 274 g/mol. The third kappa shape index (κ3) is 1.23. The van der Waals surface area contributed by atoms with Crippen LogP contribution in [0.4, 0.5) is 4.39 Å². The van der Waals surface area contributed by atoms with Crippen LogP contribution in [0.25, 0.3) is 11.0 Å². The van der Waals surface area contributed by atoms with Gasteiger partial charge in [0.1, 0.15) is 5.82 Å². The molecule has 3 saturated carbocycles. The molecule has 4 unspecified atom stereocenters. The summed E-state index contributed by atoms with van der Waals surface area (Å²) in [4.78, 5) is 3.23. The van der Waals surface area contributed by atoms with E-state index in [0.717, 1.165) is 39.5 Å². The molecule has 2 nitrogen and oxygen atoms in total. The van der Waals surface area contributed by atoms with Crippen molar-refractivity contribution in [3.8, 4) is 0 Å². The van der Waals surface area contributed by atoms with Crippen molar-refractivity contribution in [2.24, 2.45) is 23.7 Å². The highest BCUT2D eigenvalue weighted by Gasteiger charge is 2.66. The molecule has 0 amide bonds. The molecule has 3 aliphatic carbocycles. The number of nitrogens with zero attached hydrogens (tertiary/aromatic N) is 1. The molecule has 0 saturated heterocycles. The smallest absolute Gasteiger partial charge is 0.178 e. The summed E-state index contributed by atoms with van der Waals surface area (Å²) in [5, 5.41) is 0. The van der Waals surface area contributed by atoms with E-state index in [1.807, 2.05) is 0 Å². The van der Waals surface area contributed by atoms with Crippen LogP contribution in [0.5, 0.6) is 0 Å². The van der Waals surface area contributed by atoms with Crippen molar-refractivity contribution in [1.82, 2.24) is 9.55 Å². The van der Waals surface area contributed by atoms with Crippen LogP contribution in [0.2, 0.25) is 0 Å². The van der Waals surface area contributed by atoms with Gasteiger partial charge < -0.3 is 9.55 Å². The summed E-state index contributed by atoms with van der Waals surface area (Å²) in [5.74, 6) is 3.25. The molecule has 4 heteroatoms. The van der Waals surface area contributed by atoms with E-state index in [-0.39, 0.29) is 5.82 Å². The molecule has 98 valence electrons. The molecule has 1 aromatic carbocycles. The van der Waals surface area contributed by atoms with Gasteiger partial charge in [-0.1, -0.05) is 0 Å². The lowest BCUT2D eigenvalue weighted by Gasteiger charge is -2.11. The quantitative estimate of drug-likeness (QED) is 0.778. The SMILES string of the molecule is Fc1ccc2[nH]c(=S)n(C3C4C5CCC(C5)C43)c2c1. The van der Waals surface area contributed by atoms with Crippen LogP contribution in [-0.2, 0) is 0 Å². The highest BCUT2D eigenvalue weighted by molar-refractivity contribution is 7.71. The Kier molecular flexibility index (Phi) is 1.84. The number of benzene rings is 1. The number of fused-ring (bicyclic) bond motifs is 6. The minimum Gasteiger partial charge on any atom is -0.331 e. The van der Waals surface area contributed by atoms with Gasteiger partial charge in [0.05, 0.1) is 11.0 Å². The Morgan fingerprint density at radius 3 is 2.68 bits per heavy atom. The van der Waals surface area contributed by atoms with Gasteiger partial charge in [-0.25, -0.2) is 4.39 Å². The van der Waals surface area contributed by atoms with Gasteiger partial charge in [-0.15, -0.1) is 0 Å². The summed E-state index contributed by atoms with van der Waals surface area (Å²) >= 11 is 5.47. The molecule has 0 radical (unpaired) electrons. The van der Waals surface area contributed by atoms with E-state index in [4.69, 9.17) is 12.2 Å². The van der Waals surface area contributed by atoms with Gasteiger partial charge in [0.25, 0.3) is 0 Å². The molecule has 0 spiro atoms. The lowest BCUT2D eigenvalue weighted by atomic mass is 10.0. The zero-order valence-electron chi connectivity index (χ0n) is 10.5. The number of imidazole rings is 1. The monoisotopic (exact) mass is 274 g/mol. The highest BCUT2D eigenvalue weighted by Crippen LogP contribution is 2.71. The van der Waals surface area contributed by atoms with E-state index in [0.29, 0.717) is 6.04 Å². The predicted molar refractivity (Wildman–Crippen MR) is 73.9 cm³/mol. The molecule has 1 aromatic heterocycles. The first kappa shape index (κ1) is 10.6. The molecule has 2 aromatic rings. The molecule has 1 heterocycles. The molecule has 2 bridgehead atoms. The summed E-state index contributed by atoms with van der Waals surface area (Å²) in [7, 11) is 0. The van der Waals surface area contributed by atoms with Gasteiger partial charge in [0, 0.05) is 6.04 Å². The first-order valence-corrected chi connectivity index (χ1v) is 7.54. The van der Waals surface area contributed by atoms with Crippen LogP contribution in [0.3, 0.4) is 0 Å². The maximum Gasteiger partial charge on any atom is 0.178 e. The molecule has 0 aliphatic heterocycles. The second-order valence-electron chi connectivity index (χ2n) is 6.44. The number of hydrogen-bond acceptors (Lipinski definition) is 1. The van der Waals surface area contributed by atoms with Crippen LogP contribution in [0, 0.1) is 34.3 Å². The first-order chi connectivity index (χ1) is 9.24. The van der Waals surface area contributed by atoms with E-state index >= 15 is 0 Å². The van der Waals surface area contributed by atoms with Gasteiger partial charge in [0.15, 0.2) is 4.77 Å². The fourth-order valence-electron chi connectivity index (χ4n) is 5.01. The molecule has 3 aliphatic rings. The van der Waals surface area contributed by atoms with Crippen LogP contribution in [-0.4, -0.2) is 9.55 Å². The fourth-order valence-corrected chi connectivity index (χ4v) is 5.34. The minimum absolute atomic E-state index is 0.177. The maximum atomic E-state index is 13.5. The number of aromatic nitrogens is 2. The van der Waals surface area contributed by atoms with E-state index in [1.54, 1.807) is 12.1 Å². The Hall–Kier alpha value is -1.16. The summed E-state index contributed by atoms with van der Waals surface area (Å²) < 4.78 is 16.5. The number of nitrogens with one attached hydrogen (secondary N) is 1. The second kappa shape index (κ2) is 3.29. The van der Waals surface area contributed by atoms with E-state index < -0.39 is 0 Å². The zero-order valence-corrected chi connectivity index (χ0v) is 11.3. The third-order valence-electron chi connectivity index (χ3n) is 5.67. The van der Waals surface area contributed by atoms with Crippen molar-refractivity contribution in [2.45, 2.75) is 25.3 Å². The van der Waals surface area contributed by atoms with Crippen molar-refractivity contribution >= 4 is 23.3 Å². The van der Waals surface area contributed by atoms with Gasteiger partial charge >= 0.3 is 0 Å². The summed E-state index contributed by atoms with van der Waals surface area (Å²) in [6.45, 7) is 0. The number of H-pyrrole nitrogens is 1.